The molecule has 0 bridgehead atoms. The number of phenols is 1. The second kappa shape index (κ2) is 5.57. The van der Waals surface area contributed by atoms with E-state index in [0.717, 1.165) is 29.2 Å². The molecule has 0 aliphatic heterocycles. The normalized spacial score (nSPS) is 11.8. The van der Waals surface area contributed by atoms with E-state index in [1.807, 2.05) is 6.92 Å². The van der Waals surface area contributed by atoms with Gasteiger partial charge in [0.05, 0.1) is 5.56 Å². The zero-order chi connectivity index (χ0) is 14.8. The molecule has 0 aromatic heterocycles. The lowest BCUT2D eigenvalue weighted by Gasteiger charge is -2.16. The summed E-state index contributed by atoms with van der Waals surface area (Å²) in [5.41, 5.74) is 0.999. The lowest BCUT2D eigenvalue weighted by Crippen LogP contribution is -2.06. The van der Waals surface area contributed by atoms with Gasteiger partial charge in [0.2, 0.25) is 0 Å². The van der Waals surface area contributed by atoms with Gasteiger partial charge >= 0.3 is 6.18 Å². The molecule has 0 atom stereocenters. The molecule has 0 unspecified atom stereocenters. The van der Waals surface area contributed by atoms with Crippen LogP contribution in [-0.2, 0) is 6.18 Å². The third-order valence-corrected chi connectivity index (χ3v) is 3.13. The molecule has 2 aromatic carbocycles. The number of hydrogen-bond acceptors (Lipinski definition) is 1. The van der Waals surface area contributed by atoms with Crippen LogP contribution in [0.1, 0.15) is 30.0 Å². The molecule has 0 aliphatic rings. The molecule has 2 aromatic rings. The molecule has 0 spiro atoms. The molecular formula is C16H14F3O. The van der Waals surface area contributed by atoms with Crippen molar-refractivity contribution in [1.82, 2.24) is 0 Å². The topological polar surface area (TPSA) is 20.2 Å². The minimum absolute atomic E-state index is 0.164. The first-order valence-electron chi connectivity index (χ1n) is 6.24. The van der Waals surface area contributed by atoms with Gasteiger partial charge < -0.3 is 5.11 Å². The summed E-state index contributed by atoms with van der Waals surface area (Å²) in [6.45, 7) is 1.94. The van der Waals surface area contributed by atoms with Crippen molar-refractivity contribution in [3.63, 3.8) is 0 Å². The minimum atomic E-state index is -4.32. The summed E-state index contributed by atoms with van der Waals surface area (Å²) in [7, 11) is 0. The molecule has 20 heavy (non-hydrogen) atoms. The fourth-order valence-corrected chi connectivity index (χ4v) is 2.10. The average Bonchev–Trinajstić information content (AvgIpc) is 2.41. The first-order valence-corrected chi connectivity index (χ1v) is 6.24. The van der Waals surface area contributed by atoms with Crippen LogP contribution in [0.5, 0.6) is 5.75 Å². The zero-order valence-electron chi connectivity index (χ0n) is 10.9. The number of halogens is 3. The monoisotopic (exact) mass is 279 g/mol. The number of benzene rings is 2. The van der Waals surface area contributed by atoms with E-state index in [2.05, 4.69) is 0 Å². The van der Waals surface area contributed by atoms with Crippen molar-refractivity contribution >= 4 is 0 Å². The van der Waals surface area contributed by atoms with E-state index in [-0.39, 0.29) is 5.75 Å². The molecule has 2 rings (SSSR count). The Kier molecular flexibility index (Phi) is 4.02. The van der Waals surface area contributed by atoms with E-state index < -0.39 is 11.7 Å². The molecule has 1 N–H and O–H groups in total. The van der Waals surface area contributed by atoms with Gasteiger partial charge in [-0.15, -0.1) is 0 Å². The van der Waals surface area contributed by atoms with Crippen molar-refractivity contribution in [1.29, 1.82) is 0 Å². The Bertz CT molecular complexity index is 556. The summed E-state index contributed by atoms with van der Waals surface area (Å²) in [5, 5.41) is 9.27. The highest BCUT2D eigenvalue weighted by Gasteiger charge is 2.30. The summed E-state index contributed by atoms with van der Waals surface area (Å²) in [6.07, 6.45) is -3.63. The van der Waals surface area contributed by atoms with E-state index in [1.165, 1.54) is 12.1 Å². The van der Waals surface area contributed by atoms with Crippen LogP contribution in [0, 0.1) is 5.92 Å². The highest BCUT2D eigenvalue weighted by atomic mass is 19.4. The van der Waals surface area contributed by atoms with E-state index in [0.29, 0.717) is 6.42 Å². The van der Waals surface area contributed by atoms with Crippen LogP contribution >= 0.6 is 0 Å². The molecule has 1 nitrogen and oxygen atoms in total. The van der Waals surface area contributed by atoms with E-state index in [9.17, 15) is 18.3 Å². The second-order valence-corrected chi connectivity index (χ2v) is 4.45. The van der Waals surface area contributed by atoms with Crippen LogP contribution in [0.15, 0.2) is 48.5 Å². The molecule has 0 saturated carbocycles. The van der Waals surface area contributed by atoms with Gasteiger partial charge in [-0.2, -0.15) is 13.2 Å². The van der Waals surface area contributed by atoms with Gasteiger partial charge in [0.15, 0.2) is 0 Å². The SMILES string of the molecule is CC[C](c1ccc(O)cc1)c1ccc(C(F)(F)F)cc1. The molecule has 0 heterocycles. The van der Waals surface area contributed by atoms with Gasteiger partial charge in [-0.3, -0.25) is 0 Å². The van der Waals surface area contributed by atoms with Crippen LogP contribution in [0.3, 0.4) is 0 Å². The van der Waals surface area contributed by atoms with Crippen molar-refractivity contribution in [3.05, 3.63) is 71.1 Å². The lowest BCUT2D eigenvalue weighted by atomic mass is 9.88. The van der Waals surface area contributed by atoms with Crippen molar-refractivity contribution in [2.75, 3.05) is 0 Å². The Hall–Kier alpha value is -1.97. The van der Waals surface area contributed by atoms with Gasteiger partial charge in [-0.05, 0) is 41.8 Å². The Morgan fingerprint density at radius 1 is 0.900 bits per heavy atom. The lowest BCUT2D eigenvalue weighted by molar-refractivity contribution is -0.137. The van der Waals surface area contributed by atoms with Crippen molar-refractivity contribution in [2.45, 2.75) is 19.5 Å². The fraction of sp³-hybridized carbons (Fsp3) is 0.188. The molecule has 1 radical (unpaired) electrons. The first-order chi connectivity index (χ1) is 9.41. The predicted molar refractivity (Wildman–Crippen MR) is 71.3 cm³/mol. The quantitative estimate of drug-likeness (QED) is 0.856. The molecular weight excluding hydrogens is 265 g/mol. The van der Waals surface area contributed by atoms with Gasteiger partial charge in [0.25, 0.3) is 0 Å². The van der Waals surface area contributed by atoms with Gasteiger partial charge in [0.1, 0.15) is 5.75 Å². The van der Waals surface area contributed by atoms with E-state index >= 15 is 0 Å². The largest absolute Gasteiger partial charge is 0.508 e. The Labute approximate surface area is 115 Å². The zero-order valence-corrected chi connectivity index (χ0v) is 10.9. The maximum absolute atomic E-state index is 12.5. The number of hydrogen-bond donors (Lipinski definition) is 1. The summed E-state index contributed by atoms with van der Waals surface area (Å²) in [5.74, 6) is 1.11. The number of phenolic OH excluding ortho intramolecular Hbond substituents is 1. The highest BCUT2D eigenvalue weighted by Crippen LogP contribution is 2.32. The molecule has 0 fully saturated rings. The third-order valence-electron chi connectivity index (χ3n) is 3.13. The molecule has 0 aliphatic carbocycles. The number of aromatic hydroxyl groups is 1. The summed E-state index contributed by atoms with van der Waals surface area (Å²) >= 11 is 0. The maximum atomic E-state index is 12.5. The fourth-order valence-electron chi connectivity index (χ4n) is 2.10. The van der Waals surface area contributed by atoms with Gasteiger partial charge in [0, 0.05) is 5.92 Å². The van der Waals surface area contributed by atoms with E-state index in [4.69, 9.17) is 0 Å². The van der Waals surface area contributed by atoms with Crippen molar-refractivity contribution < 1.29 is 18.3 Å². The summed E-state index contributed by atoms with van der Waals surface area (Å²) < 4.78 is 37.6. The van der Waals surface area contributed by atoms with Crippen molar-refractivity contribution in [2.24, 2.45) is 0 Å². The molecule has 105 valence electrons. The van der Waals surface area contributed by atoms with Crippen LogP contribution in [0.4, 0.5) is 13.2 Å². The molecule has 0 saturated heterocycles. The predicted octanol–water partition coefficient (Wildman–Crippen LogP) is 4.79. The van der Waals surface area contributed by atoms with Crippen LogP contribution in [0.25, 0.3) is 0 Å². The number of alkyl halides is 3. The standard InChI is InChI=1S/C16H14F3O/c1-2-15(12-5-9-14(20)10-6-12)11-3-7-13(8-4-11)16(17,18)19/h3-10,20H,2H2,1H3. The van der Waals surface area contributed by atoms with Crippen molar-refractivity contribution in [3.8, 4) is 5.75 Å². The maximum Gasteiger partial charge on any atom is 0.416 e. The molecule has 0 amide bonds. The molecule has 4 heteroatoms. The summed E-state index contributed by atoms with van der Waals surface area (Å²) in [4.78, 5) is 0. The Morgan fingerprint density at radius 2 is 1.35 bits per heavy atom. The highest BCUT2D eigenvalue weighted by molar-refractivity contribution is 5.47. The van der Waals surface area contributed by atoms with Gasteiger partial charge in [-0.25, -0.2) is 0 Å². The number of rotatable bonds is 3. The average molecular weight is 279 g/mol. The van der Waals surface area contributed by atoms with Crippen LogP contribution in [0.2, 0.25) is 0 Å². The first kappa shape index (κ1) is 14.4. The van der Waals surface area contributed by atoms with Crippen LogP contribution < -0.4 is 0 Å². The Morgan fingerprint density at radius 3 is 1.75 bits per heavy atom. The van der Waals surface area contributed by atoms with Crippen LogP contribution in [-0.4, -0.2) is 5.11 Å². The minimum Gasteiger partial charge on any atom is -0.508 e. The third kappa shape index (κ3) is 3.13. The smallest absolute Gasteiger partial charge is 0.416 e. The Balaban J connectivity index is 2.30. The second-order valence-electron chi connectivity index (χ2n) is 4.45. The van der Waals surface area contributed by atoms with Gasteiger partial charge in [-0.1, -0.05) is 31.2 Å². The summed E-state index contributed by atoms with van der Waals surface area (Å²) in [6, 6.07) is 11.8. The van der Waals surface area contributed by atoms with E-state index in [1.54, 1.807) is 24.3 Å².